The van der Waals surface area contributed by atoms with Gasteiger partial charge in [-0.1, -0.05) is 22.0 Å². The largest absolute Gasteiger partial charge is 0.398 e. The van der Waals surface area contributed by atoms with Gasteiger partial charge in [0.2, 0.25) is 0 Å². The van der Waals surface area contributed by atoms with Crippen LogP contribution >= 0.6 is 15.9 Å². The lowest BCUT2D eigenvalue weighted by Crippen LogP contribution is -2.28. The number of carbonyl (C=O) groups is 1. The number of carbonyl (C=O) groups excluding carboxylic acids is 1. The molecule has 2 rings (SSSR count). The Kier molecular flexibility index (Phi) is 4.57. The van der Waals surface area contributed by atoms with E-state index in [1.54, 1.807) is 18.2 Å². The number of hydrogen-bond acceptors (Lipinski definition) is 2. The maximum Gasteiger partial charge on any atom is 0.253 e. The van der Waals surface area contributed by atoms with Gasteiger partial charge in [0.15, 0.2) is 0 Å². The maximum absolute atomic E-state index is 13.7. The molecule has 2 aromatic rings. The number of nitrogens with one attached hydrogen (secondary N) is 1. The second-order valence-electron chi connectivity index (χ2n) is 4.56. The number of nitrogen functional groups attached to an aromatic ring is 1. The van der Waals surface area contributed by atoms with Crippen LogP contribution in [0.15, 0.2) is 40.9 Å². The highest BCUT2D eigenvalue weighted by Crippen LogP contribution is 2.22. The quantitative estimate of drug-likeness (QED) is 0.823. The minimum Gasteiger partial charge on any atom is -0.398 e. The third-order valence-corrected chi connectivity index (χ3v) is 3.53. The molecule has 0 aliphatic heterocycles. The molecule has 3 N–H and O–H groups in total. The monoisotopic (exact) mass is 354 g/mol. The molecule has 1 atom stereocenters. The average Bonchev–Trinajstić information content (AvgIpc) is 2.37. The Balaban J connectivity index is 2.23. The number of amides is 1. The molecule has 0 saturated carbocycles. The Bertz CT molecular complexity index is 671. The molecule has 3 nitrogen and oxygen atoms in total. The van der Waals surface area contributed by atoms with Gasteiger partial charge in [-0.25, -0.2) is 8.78 Å². The molecule has 2 aromatic carbocycles. The van der Waals surface area contributed by atoms with Crippen molar-refractivity contribution in [2.75, 3.05) is 5.73 Å². The minimum atomic E-state index is -0.818. The summed E-state index contributed by atoms with van der Waals surface area (Å²) < 4.78 is 28.1. The first-order valence-electron chi connectivity index (χ1n) is 6.20. The summed E-state index contributed by atoms with van der Waals surface area (Å²) in [6.45, 7) is 1.51. The molecule has 0 aliphatic carbocycles. The van der Waals surface area contributed by atoms with Crippen LogP contribution in [0.3, 0.4) is 0 Å². The number of halogens is 3. The van der Waals surface area contributed by atoms with Crippen LogP contribution in [0.25, 0.3) is 0 Å². The molecule has 0 spiro atoms. The fourth-order valence-corrected chi connectivity index (χ4v) is 2.39. The third kappa shape index (κ3) is 3.39. The normalized spacial score (nSPS) is 12.0. The topological polar surface area (TPSA) is 55.1 Å². The zero-order valence-electron chi connectivity index (χ0n) is 11.2. The van der Waals surface area contributed by atoms with Crippen molar-refractivity contribution < 1.29 is 13.6 Å². The Labute approximate surface area is 129 Å². The molecule has 21 heavy (non-hydrogen) atoms. The number of anilines is 1. The van der Waals surface area contributed by atoms with Gasteiger partial charge in [-0.15, -0.1) is 0 Å². The summed E-state index contributed by atoms with van der Waals surface area (Å²) in [5, 5.41) is 2.54. The van der Waals surface area contributed by atoms with Crippen LogP contribution in [0.4, 0.5) is 14.5 Å². The van der Waals surface area contributed by atoms with Crippen LogP contribution in [-0.4, -0.2) is 5.91 Å². The van der Waals surface area contributed by atoms with Crippen LogP contribution < -0.4 is 11.1 Å². The standard InChI is InChI=1S/C15H13BrF2N2O/c1-8(14-11(17)3-2-4-12(14)18)20-15(21)10-6-5-9(16)7-13(10)19/h2-8H,19H2,1H3,(H,20,21). The van der Waals surface area contributed by atoms with E-state index in [1.807, 2.05) is 0 Å². The van der Waals surface area contributed by atoms with Crippen LogP contribution in [0.5, 0.6) is 0 Å². The van der Waals surface area contributed by atoms with Crippen molar-refractivity contribution in [3.05, 3.63) is 63.6 Å². The highest BCUT2D eigenvalue weighted by molar-refractivity contribution is 9.10. The molecule has 0 fully saturated rings. The molecule has 110 valence electrons. The molecule has 1 unspecified atom stereocenters. The summed E-state index contributed by atoms with van der Waals surface area (Å²) in [7, 11) is 0. The second kappa shape index (κ2) is 6.22. The maximum atomic E-state index is 13.7. The van der Waals surface area contributed by atoms with E-state index in [0.717, 1.165) is 16.6 Å². The molecule has 0 aromatic heterocycles. The zero-order chi connectivity index (χ0) is 15.6. The van der Waals surface area contributed by atoms with E-state index in [2.05, 4.69) is 21.2 Å². The van der Waals surface area contributed by atoms with Crippen LogP contribution in [-0.2, 0) is 0 Å². The van der Waals surface area contributed by atoms with Crippen LogP contribution in [0, 0.1) is 11.6 Å². The predicted molar refractivity (Wildman–Crippen MR) is 80.8 cm³/mol. The number of benzene rings is 2. The summed E-state index contributed by atoms with van der Waals surface area (Å²) in [5.74, 6) is -1.90. The summed E-state index contributed by atoms with van der Waals surface area (Å²) in [4.78, 5) is 12.1. The Hall–Kier alpha value is -1.95. The van der Waals surface area contributed by atoms with Crippen LogP contribution in [0.2, 0.25) is 0 Å². The van der Waals surface area contributed by atoms with Gasteiger partial charge in [0.25, 0.3) is 5.91 Å². The number of hydrogen-bond donors (Lipinski definition) is 2. The molecular formula is C15H13BrF2N2O. The van der Waals surface area contributed by atoms with Crippen LogP contribution in [0.1, 0.15) is 28.9 Å². The van der Waals surface area contributed by atoms with Crippen molar-refractivity contribution >= 4 is 27.5 Å². The molecule has 0 radical (unpaired) electrons. The first kappa shape index (κ1) is 15.4. The highest BCUT2D eigenvalue weighted by Gasteiger charge is 2.19. The van der Waals surface area contributed by atoms with Gasteiger partial charge in [0.1, 0.15) is 11.6 Å². The first-order valence-corrected chi connectivity index (χ1v) is 6.99. The smallest absolute Gasteiger partial charge is 0.253 e. The SMILES string of the molecule is CC(NC(=O)c1ccc(Br)cc1N)c1c(F)cccc1F. The molecule has 6 heteroatoms. The van der Waals surface area contributed by atoms with E-state index in [1.165, 1.54) is 13.0 Å². The van der Waals surface area contributed by atoms with Crippen molar-refractivity contribution in [2.24, 2.45) is 0 Å². The summed E-state index contributed by atoms with van der Waals surface area (Å²) >= 11 is 3.24. The van der Waals surface area contributed by atoms with Crippen molar-refractivity contribution in [3.63, 3.8) is 0 Å². The van der Waals surface area contributed by atoms with Crippen molar-refractivity contribution in [3.8, 4) is 0 Å². The number of rotatable bonds is 3. The Morgan fingerprint density at radius 2 is 1.86 bits per heavy atom. The van der Waals surface area contributed by atoms with Gasteiger partial charge in [-0.2, -0.15) is 0 Å². The van der Waals surface area contributed by atoms with Gasteiger partial charge < -0.3 is 11.1 Å². The third-order valence-electron chi connectivity index (χ3n) is 3.04. The van der Waals surface area contributed by atoms with Crippen molar-refractivity contribution in [1.29, 1.82) is 0 Å². The van der Waals surface area contributed by atoms with E-state index >= 15 is 0 Å². The first-order chi connectivity index (χ1) is 9.90. The number of nitrogens with two attached hydrogens (primary N) is 1. The Morgan fingerprint density at radius 1 is 1.24 bits per heavy atom. The van der Waals surface area contributed by atoms with Gasteiger partial charge in [-0.3, -0.25) is 4.79 Å². The van der Waals surface area contributed by atoms with E-state index < -0.39 is 23.6 Å². The molecule has 0 bridgehead atoms. The average molecular weight is 355 g/mol. The molecule has 0 heterocycles. The summed E-state index contributed by atoms with van der Waals surface area (Å²) in [6, 6.07) is 7.54. The lowest BCUT2D eigenvalue weighted by Gasteiger charge is -2.16. The summed E-state index contributed by atoms with van der Waals surface area (Å²) in [6.07, 6.45) is 0. The molecule has 0 saturated heterocycles. The van der Waals surface area contributed by atoms with Gasteiger partial charge >= 0.3 is 0 Å². The fraction of sp³-hybridized carbons (Fsp3) is 0.133. The van der Waals surface area contributed by atoms with E-state index in [0.29, 0.717) is 0 Å². The van der Waals surface area contributed by atoms with Gasteiger partial charge in [0.05, 0.1) is 11.6 Å². The fourth-order valence-electron chi connectivity index (χ4n) is 2.01. The lowest BCUT2D eigenvalue weighted by molar-refractivity contribution is 0.0939. The van der Waals surface area contributed by atoms with Crippen molar-refractivity contribution in [1.82, 2.24) is 5.32 Å². The van der Waals surface area contributed by atoms with E-state index in [-0.39, 0.29) is 16.8 Å². The summed E-state index contributed by atoms with van der Waals surface area (Å²) in [5.41, 5.74) is 6.11. The van der Waals surface area contributed by atoms with E-state index in [4.69, 9.17) is 5.73 Å². The Morgan fingerprint density at radius 3 is 2.43 bits per heavy atom. The molecule has 1 amide bonds. The van der Waals surface area contributed by atoms with Gasteiger partial charge in [0, 0.05) is 15.7 Å². The zero-order valence-corrected chi connectivity index (χ0v) is 12.7. The second-order valence-corrected chi connectivity index (χ2v) is 5.48. The molecule has 0 aliphatic rings. The molecular weight excluding hydrogens is 342 g/mol. The minimum absolute atomic E-state index is 0.179. The lowest BCUT2D eigenvalue weighted by atomic mass is 10.1. The van der Waals surface area contributed by atoms with E-state index in [9.17, 15) is 13.6 Å². The van der Waals surface area contributed by atoms with Crippen molar-refractivity contribution in [2.45, 2.75) is 13.0 Å². The van der Waals surface area contributed by atoms with Gasteiger partial charge in [-0.05, 0) is 37.3 Å². The predicted octanol–water partition coefficient (Wildman–Crippen LogP) is 3.80. The highest BCUT2D eigenvalue weighted by atomic mass is 79.9.